The molecule has 144 valence electrons. The average Bonchev–Trinajstić information content (AvgIpc) is 3.37. The molecule has 0 aliphatic carbocycles. The van der Waals surface area contributed by atoms with Crippen molar-refractivity contribution in [3.63, 3.8) is 0 Å². The van der Waals surface area contributed by atoms with Crippen LogP contribution in [0.1, 0.15) is 36.3 Å². The maximum Gasteiger partial charge on any atom is 0.255 e. The Morgan fingerprint density at radius 1 is 1.22 bits per heavy atom. The molecule has 4 rings (SSSR count). The summed E-state index contributed by atoms with van der Waals surface area (Å²) < 4.78 is 5.37. The van der Waals surface area contributed by atoms with Gasteiger partial charge < -0.3 is 9.64 Å². The van der Waals surface area contributed by atoms with Gasteiger partial charge in [0.25, 0.3) is 5.91 Å². The molecule has 4 amide bonds. The zero-order valence-electron chi connectivity index (χ0n) is 14.7. The van der Waals surface area contributed by atoms with Gasteiger partial charge in [0.05, 0.1) is 12.2 Å². The highest BCUT2D eigenvalue weighted by Crippen LogP contribution is 2.29. The molecule has 0 aromatic carbocycles. The molecule has 4 heterocycles. The van der Waals surface area contributed by atoms with E-state index in [9.17, 15) is 19.2 Å². The molecule has 0 spiro atoms. The van der Waals surface area contributed by atoms with E-state index in [0.717, 1.165) is 21.9 Å². The van der Waals surface area contributed by atoms with Gasteiger partial charge in [-0.15, -0.1) is 0 Å². The normalized spacial score (nSPS) is 22.3. The molecule has 27 heavy (non-hydrogen) atoms. The third-order valence-corrected chi connectivity index (χ3v) is 5.98. The van der Waals surface area contributed by atoms with Crippen LogP contribution in [0.5, 0.6) is 0 Å². The van der Waals surface area contributed by atoms with Crippen LogP contribution >= 0.6 is 11.3 Å². The zero-order chi connectivity index (χ0) is 19.0. The first-order valence-corrected chi connectivity index (χ1v) is 9.85. The third-order valence-electron chi connectivity index (χ3n) is 4.98. The summed E-state index contributed by atoms with van der Waals surface area (Å²) in [7, 11) is 0. The molecule has 1 aromatic rings. The number of aromatic nitrogens is 1. The van der Waals surface area contributed by atoms with Crippen LogP contribution in [0.15, 0.2) is 0 Å². The zero-order valence-corrected chi connectivity index (χ0v) is 15.5. The van der Waals surface area contributed by atoms with Crippen molar-refractivity contribution in [2.24, 2.45) is 0 Å². The number of nitrogens with zero attached hydrogens (tertiary/aromatic N) is 3. The van der Waals surface area contributed by atoms with E-state index in [1.54, 1.807) is 4.90 Å². The molecule has 1 atom stereocenters. The molecule has 0 radical (unpaired) electrons. The molecule has 1 unspecified atom stereocenters. The number of hydrogen-bond acceptors (Lipinski definition) is 7. The first-order valence-electron chi connectivity index (χ1n) is 9.03. The third kappa shape index (κ3) is 3.72. The molecule has 10 heteroatoms. The number of imide groups is 1. The van der Waals surface area contributed by atoms with Crippen molar-refractivity contribution in [3.05, 3.63) is 10.6 Å². The highest BCUT2D eigenvalue weighted by Gasteiger charge is 2.33. The van der Waals surface area contributed by atoms with Crippen LogP contribution < -0.4 is 5.32 Å². The molecule has 2 fully saturated rings. The predicted octanol–water partition coefficient (Wildman–Crippen LogP) is 0.294. The van der Waals surface area contributed by atoms with Crippen molar-refractivity contribution in [2.45, 2.75) is 44.8 Å². The number of carbonyl (C=O) groups is 4. The first-order chi connectivity index (χ1) is 13.0. The molecule has 0 saturated carbocycles. The summed E-state index contributed by atoms with van der Waals surface area (Å²) >= 11 is 1.35. The van der Waals surface area contributed by atoms with Gasteiger partial charge in [0.1, 0.15) is 12.6 Å². The van der Waals surface area contributed by atoms with E-state index in [0.29, 0.717) is 37.7 Å². The highest BCUT2D eigenvalue weighted by molar-refractivity contribution is 7.15. The van der Waals surface area contributed by atoms with Crippen LogP contribution in [-0.2, 0) is 36.9 Å². The van der Waals surface area contributed by atoms with Crippen molar-refractivity contribution < 1.29 is 23.9 Å². The largest absolute Gasteiger partial charge is 0.368 e. The fraction of sp³-hybridized carbons (Fsp3) is 0.588. The average molecular weight is 392 g/mol. The van der Waals surface area contributed by atoms with Gasteiger partial charge in [-0.05, 0) is 12.8 Å². The molecule has 1 N–H and O–H groups in total. The Morgan fingerprint density at radius 2 is 2.00 bits per heavy atom. The Balaban J connectivity index is 1.37. The molecule has 3 aliphatic rings. The highest BCUT2D eigenvalue weighted by atomic mass is 32.1. The van der Waals surface area contributed by atoms with Gasteiger partial charge in [-0.2, -0.15) is 0 Å². The van der Waals surface area contributed by atoms with Crippen LogP contribution in [0.3, 0.4) is 0 Å². The van der Waals surface area contributed by atoms with E-state index in [2.05, 4.69) is 10.3 Å². The summed E-state index contributed by atoms with van der Waals surface area (Å²) in [6.45, 7) is 1.25. The van der Waals surface area contributed by atoms with E-state index >= 15 is 0 Å². The van der Waals surface area contributed by atoms with Gasteiger partial charge in [-0.1, -0.05) is 11.3 Å². The Labute approximate surface area is 159 Å². The number of thiazole rings is 1. The standard InChI is InChI=1S/C17H20N4O5S/c22-13-3-4-14(23)21(13)9-15(24)20-6-5-10-12(8-20)27-17(18-10)19-16(25)11-2-1-7-26-11/h11H,1-9H2,(H,18,19,25). The number of nitrogens with one attached hydrogen (secondary N) is 1. The van der Waals surface area contributed by atoms with Crippen molar-refractivity contribution in [3.8, 4) is 0 Å². The summed E-state index contributed by atoms with van der Waals surface area (Å²) in [4.78, 5) is 56.1. The predicted molar refractivity (Wildman–Crippen MR) is 94.8 cm³/mol. The molecule has 1 aromatic heterocycles. The summed E-state index contributed by atoms with van der Waals surface area (Å²) in [5.41, 5.74) is 0.875. The minimum absolute atomic E-state index is 0.179. The number of amides is 4. The van der Waals surface area contributed by atoms with E-state index < -0.39 is 6.10 Å². The Hall–Kier alpha value is -2.33. The number of anilines is 1. The first kappa shape index (κ1) is 18.1. The van der Waals surface area contributed by atoms with E-state index in [1.807, 2.05) is 0 Å². The van der Waals surface area contributed by atoms with E-state index in [1.165, 1.54) is 11.3 Å². The fourth-order valence-electron chi connectivity index (χ4n) is 3.47. The van der Waals surface area contributed by atoms with Crippen LogP contribution in [0.4, 0.5) is 5.13 Å². The van der Waals surface area contributed by atoms with Crippen molar-refractivity contribution >= 4 is 40.1 Å². The second-order valence-electron chi connectivity index (χ2n) is 6.82. The Morgan fingerprint density at radius 3 is 2.70 bits per heavy atom. The lowest BCUT2D eigenvalue weighted by molar-refractivity contribution is -0.145. The number of likely N-dealkylation sites (tertiary alicyclic amines) is 1. The van der Waals surface area contributed by atoms with Crippen molar-refractivity contribution in [1.82, 2.24) is 14.8 Å². The lowest BCUT2D eigenvalue weighted by Gasteiger charge is -2.27. The Kier molecular flexibility index (Phi) is 4.92. The molecular weight excluding hydrogens is 372 g/mol. The van der Waals surface area contributed by atoms with Gasteiger partial charge in [0.2, 0.25) is 17.7 Å². The van der Waals surface area contributed by atoms with E-state index in [4.69, 9.17) is 4.74 Å². The van der Waals surface area contributed by atoms with Crippen LogP contribution in [-0.4, -0.2) is 64.2 Å². The van der Waals surface area contributed by atoms with Crippen LogP contribution in [0, 0.1) is 0 Å². The summed E-state index contributed by atoms with van der Waals surface area (Å²) in [5, 5.41) is 3.31. The number of carbonyl (C=O) groups excluding carboxylic acids is 4. The Bertz CT molecular complexity index is 785. The number of fused-ring (bicyclic) bond motifs is 1. The van der Waals surface area contributed by atoms with Crippen LogP contribution in [0.2, 0.25) is 0 Å². The second-order valence-corrected chi connectivity index (χ2v) is 7.90. The van der Waals surface area contributed by atoms with Gasteiger partial charge in [-0.25, -0.2) is 4.98 Å². The van der Waals surface area contributed by atoms with Gasteiger partial charge in [0, 0.05) is 37.3 Å². The van der Waals surface area contributed by atoms with Gasteiger partial charge in [-0.3, -0.25) is 29.4 Å². The van der Waals surface area contributed by atoms with Gasteiger partial charge in [0.15, 0.2) is 5.13 Å². The summed E-state index contributed by atoms with van der Waals surface area (Å²) in [5.74, 6) is -1.01. The minimum Gasteiger partial charge on any atom is -0.368 e. The molecule has 9 nitrogen and oxygen atoms in total. The molecule has 3 aliphatic heterocycles. The quantitative estimate of drug-likeness (QED) is 0.738. The number of hydrogen-bond donors (Lipinski definition) is 1. The number of ether oxygens (including phenoxy) is 1. The summed E-state index contributed by atoms with van der Waals surface area (Å²) in [6, 6.07) is 0. The fourth-order valence-corrected chi connectivity index (χ4v) is 4.49. The van der Waals surface area contributed by atoms with Crippen molar-refractivity contribution in [1.29, 1.82) is 0 Å². The molecular formula is C17H20N4O5S. The molecule has 2 saturated heterocycles. The monoisotopic (exact) mass is 392 g/mol. The van der Waals surface area contributed by atoms with Gasteiger partial charge >= 0.3 is 0 Å². The lowest BCUT2D eigenvalue weighted by atomic mass is 10.2. The summed E-state index contributed by atoms with van der Waals surface area (Å²) in [6.07, 6.45) is 2.12. The number of rotatable bonds is 4. The van der Waals surface area contributed by atoms with Crippen LogP contribution in [0.25, 0.3) is 0 Å². The maximum atomic E-state index is 12.5. The second kappa shape index (κ2) is 7.35. The minimum atomic E-state index is -0.417. The smallest absolute Gasteiger partial charge is 0.255 e. The lowest BCUT2D eigenvalue weighted by Crippen LogP contribution is -2.44. The van der Waals surface area contributed by atoms with E-state index in [-0.39, 0.29) is 43.0 Å². The van der Waals surface area contributed by atoms with Crippen molar-refractivity contribution in [2.75, 3.05) is 25.0 Å². The SMILES string of the molecule is O=C(Nc1nc2c(s1)CN(C(=O)CN1C(=O)CCC1=O)CC2)C1CCCO1. The topological polar surface area (TPSA) is 109 Å². The molecule has 0 bridgehead atoms. The maximum absolute atomic E-state index is 12.5.